The van der Waals surface area contributed by atoms with E-state index < -0.39 is 0 Å². The Kier molecular flexibility index (Phi) is 8.01. The molecule has 10 aromatic rings. The van der Waals surface area contributed by atoms with Gasteiger partial charge >= 0.3 is 0 Å². The van der Waals surface area contributed by atoms with Gasteiger partial charge in [-0.3, -0.25) is 0 Å². The van der Waals surface area contributed by atoms with Crippen LogP contribution < -0.4 is 0 Å². The number of aryl methyl sites for hydroxylation is 2. The molecule has 10 rings (SSSR count). The minimum Gasteiger partial charge on any atom is -0.308 e. The van der Waals surface area contributed by atoms with Gasteiger partial charge < -0.3 is 9.13 Å². The van der Waals surface area contributed by atoms with Crippen LogP contribution in [-0.2, 0) is 0 Å². The lowest BCUT2D eigenvalue weighted by Gasteiger charge is -2.21. The molecule has 5 nitrogen and oxygen atoms in total. The van der Waals surface area contributed by atoms with Crippen molar-refractivity contribution >= 4 is 43.6 Å². The third-order valence-electron chi connectivity index (χ3n) is 11.4. The van der Waals surface area contributed by atoms with Gasteiger partial charge in [0.05, 0.1) is 68.3 Å². The van der Waals surface area contributed by atoms with Gasteiger partial charge in [-0.2, -0.15) is 15.8 Å². The zero-order valence-corrected chi connectivity index (χ0v) is 31.8. The highest BCUT2D eigenvalue weighted by atomic mass is 15.0. The molecule has 0 N–H and O–H groups in total. The van der Waals surface area contributed by atoms with Gasteiger partial charge in [0, 0.05) is 27.1 Å². The van der Waals surface area contributed by atoms with Crippen molar-refractivity contribution in [2.75, 3.05) is 0 Å². The quantitative estimate of drug-likeness (QED) is 0.176. The molecule has 0 fully saturated rings. The number of hydrogen-bond donors (Lipinski definition) is 0. The van der Waals surface area contributed by atoms with E-state index in [4.69, 9.17) is 0 Å². The van der Waals surface area contributed by atoms with Gasteiger partial charge in [0.15, 0.2) is 0 Å². The molecule has 0 aliphatic carbocycles. The van der Waals surface area contributed by atoms with Gasteiger partial charge in [-0.25, -0.2) is 0 Å². The standard InChI is InChI=1S/C53H33N5/c1-33-11-3-5-13-41(33)38-19-21-49-45(28-38)43-15-7-9-17-47(43)57(49)51-26-37(32-56)27-52(53(51)40-24-35(30-54)23-36(25-40)31-55)58-48-18-10-8-16-44(48)46-29-39(20-22-50(46)58)42-14-6-4-12-34(42)2/h3-29H,1-2H3. The number of nitriles is 3. The predicted octanol–water partition coefficient (Wildman–Crippen LogP) is 13.1. The van der Waals surface area contributed by atoms with Crippen LogP contribution >= 0.6 is 0 Å². The van der Waals surface area contributed by atoms with Crippen molar-refractivity contribution < 1.29 is 0 Å². The predicted molar refractivity (Wildman–Crippen MR) is 235 cm³/mol. The van der Waals surface area contributed by atoms with Crippen LogP contribution in [0.5, 0.6) is 0 Å². The fourth-order valence-electron chi connectivity index (χ4n) is 8.82. The summed E-state index contributed by atoms with van der Waals surface area (Å²) >= 11 is 0. The molecular formula is C53H33N5. The Balaban J connectivity index is 1.35. The zero-order valence-electron chi connectivity index (χ0n) is 31.8. The molecule has 0 radical (unpaired) electrons. The largest absolute Gasteiger partial charge is 0.308 e. The number of rotatable bonds is 5. The molecule has 0 saturated carbocycles. The molecule has 0 atom stereocenters. The lowest BCUT2D eigenvalue weighted by Crippen LogP contribution is -2.05. The normalized spacial score (nSPS) is 11.2. The number of hydrogen-bond acceptors (Lipinski definition) is 3. The second-order valence-corrected chi connectivity index (χ2v) is 14.8. The molecule has 270 valence electrons. The monoisotopic (exact) mass is 739 g/mol. The van der Waals surface area contributed by atoms with Crippen molar-refractivity contribution in [3.05, 3.63) is 192 Å². The van der Waals surface area contributed by atoms with Crippen molar-refractivity contribution in [3.63, 3.8) is 0 Å². The van der Waals surface area contributed by atoms with E-state index >= 15 is 0 Å². The molecule has 5 heteroatoms. The molecule has 0 amide bonds. The van der Waals surface area contributed by atoms with Crippen LogP contribution in [0.3, 0.4) is 0 Å². The summed E-state index contributed by atoms with van der Waals surface area (Å²) in [6.45, 7) is 4.26. The molecule has 0 saturated heterocycles. The first kappa shape index (κ1) is 34.3. The Labute approximate surface area is 335 Å². The second-order valence-electron chi connectivity index (χ2n) is 14.8. The van der Waals surface area contributed by atoms with Crippen molar-refractivity contribution in [1.82, 2.24) is 9.13 Å². The summed E-state index contributed by atoms with van der Waals surface area (Å²) in [4.78, 5) is 0. The van der Waals surface area contributed by atoms with Gasteiger partial charge in [0.2, 0.25) is 0 Å². The highest BCUT2D eigenvalue weighted by Gasteiger charge is 2.24. The fraction of sp³-hybridized carbons (Fsp3) is 0.0377. The summed E-state index contributed by atoms with van der Waals surface area (Å²) < 4.78 is 4.47. The third-order valence-corrected chi connectivity index (χ3v) is 11.4. The first-order chi connectivity index (χ1) is 28.4. The zero-order chi connectivity index (χ0) is 39.5. The van der Waals surface area contributed by atoms with E-state index in [1.807, 2.05) is 36.4 Å². The number of para-hydroxylation sites is 2. The van der Waals surface area contributed by atoms with E-state index in [0.29, 0.717) is 22.3 Å². The van der Waals surface area contributed by atoms with Crippen LogP contribution in [-0.4, -0.2) is 9.13 Å². The van der Waals surface area contributed by atoms with Crippen molar-refractivity contribution in [1.29, 1.82) is 15.8 Å². The molecule has 8 aromatic carbocycles. The van der Waals surface area contributed by atoms with Crippen LogP contribution in [0.25, 0.3) is 88.4 Å². The highest BCUT2D eigenvalue weighted by molar-refractivity contribution is 6.13. The lowest BCUT2D eigenvalue weighted by molar-refractivity contribution is 1.13. The van der Waals surface area contributed by atoms with E-state index in [1.54, 1.807) is 6.07 Å². The van der Waals surface area contributed by atoms with Gasteiger partial charge in [0.25, 0.3) is 0 Å². The summed E-state index contributed by atoms with van der Waals surface area (Å²) in [6, 6.07) is 63.0. The van der Waals surface area contributed by atoms with E-state index in [1.165, 1.54) is 22.3 Å². The number of benzene rings is 8. The van der Waals surface area contributed by atoms with Crippen LogP contribution in [0.4, 0.5) is 0 Å². The van der Waals surface area contributed by atoms with Crippen LogP contribution in [0, 0.1) is 47.8 Å². The third kappa shape index (κ3) is 5.36. The molecular weight excluding hydrogens is 707 g/mol. The summed E-state index contributed by atoms with van der Waals surface area (Å²) in [7, 11) is 0. The topological polar surface area (TPSA) is 81.2 Å². The maximum absolute atomic E-state index is 10.8. The van der Waals surface area contributed by atoms with E-state index in [-0.39, 0.29) is 0 Å². The Bertz CT molecular complexity index is 3250. The Morgan fingerprint density at radius 1 is 0.362 bits per heavy atom. The summed E-state index contributed by atoms with van der Waals surface area (Å²) in [5.41, 5.74) is 15.2. The number of nitrogens with zero attached hydrogens (tertiary/aromatic N) is 5. The van der Waals surface area contributed by atoms with E-state index in [2.05, 4.69) is 163 Å². The number of fused-ring (bicyclic) bond motifs is 6. The SMILES string of the molecule is Cc1ccccc1-c1ccc2c(c1)c1ccccc1n2-c1cc(C#N)cc(-n2c3ccccc3c3cc(-c4ccccc4C)ccc32)c1-c1cc(C#N)cc(C#N)c1. The minimum atomic E-state index is 0.380. The van der Waals surface area contributed by atoms with Crippen LogP contribution in [0.15, 0.2) is 164 Å². The molecule has 0 aliphatic rings. The van der Waals surface area contributed by atoms with E-state index in [0.717, 1.165) is 71.7 Å². The smallest absolute Gasteiger partial charge is 0.0993 e. The molecule has 2 heterocycles. The highest BCUT2D eigenvalue weighted by Crippen LogP contribution is 2.44. The van der Waals surface area contributed by atoms with Gasteiger partial charge in [0.1, 0.15) is 0 Å². The fourth-order valence-corrected chi connectivity index (χ4v) is 8.82. The molecule has 0 bridgehead atoms. The molecule has 58 heavy (non-hydrogen) atoms. The molecule has 0 spiro atoms. The second kappa shape index (κ2) is 13.5. The Morgan fingerprint density at radius 2 is 0.759 bits per heavy atom. The van der Waals surface area contributed by atoms with Gasteiger partial charge in [-0.1, -0.05) is 97.1 Å². The van der Waals surface area contributed by atoms with E-state index in [9.17, 15) is 15.8 Å². The summed E-state index contributed by atoms with van der Waals surface area (Å²) in [5, 5.41) is 35.6. The maximum Gasteiger partial charge on any atom is 0.0993 e. The summed E-state index contributed by atoms with van der Waals surface area (Å²) in [5.74, 6) is 0. The molecule has 0 unspecified atom stereocenters. The van der Waals surface area contributed by atoms with Gasteiger partial charge in [-0.05, 0) is 120 Å². The first-order valence-corrected chi connectivity index (χ1v) is 19.2. The van der Waals surface area contributed by atoms with Crippen molar-refractivity contribution in [2.24, 2.45) is 0 Å². The summed E-state index contributed by atoms with van der Waals surface area (Å²) in [6.07, 6.45) is 0. The Hall–Kier alpha value is -8.17. The average Bonchev–Trinajstić information content (AvgIpc) is 3.78. The van der Waals surface area contributed by atoms with Gasteiger partial charge in [-0.15, -0.1) is 0 Å². The number of aromatic nitrogens is 2. The maximum atomic E-state index is 10.8. The first-order valence-electron chi connectivity index (χ1n) is 19.2. The van der Waals surface area contributed by atoms with Crippen LogP contribution in [0.1, 0.15) is 27.8 Å². The lowest BCUT2D eigenvalue weighted by atomic mass is 9.95. The molecule has 0 aliphatic heterocycles. The van der Waals surface area contributed by atoms with Crippen molar-refractivity contribution in [2.45, 2.75) is 13.8 Å². The van der Waals surface area contributed by atoms with Crippen LogP contribution in [0.2, 0.25) is 0 Å². The minimum absolute atomic E-state index is 0.380. The Morgan fingerprint density at radius 3 is 1.21 bits per heavy atom. The molecule has 2 aromatic heterocycles. The average molecular weight is 740 g/mol. The van der Waals surface area contributed by atoms with Crippen molar-refractivity contribution in [3.8, 4) is 63.0 Å².